The Morgan fingerprint density at radius 1 is 1.09 bits per heavy atom. The number of piperidine rings is 1. The van der Waals surface area contributed by atoms with Gasteiger partial charge in [-0.15, -0.1) is 0 Å². The Labute approximate surface area is 199 Å². The Morgan fingerprint density at radius 2 is 1.71 bits per heavy atom. The van der Waals surface area contributed by atoms with Crippen molar-refractivity contribution < 1.29 is 24.2 Å². The highest BCUT2D eigenvalue weighted by atomic mass is 16.5. The molecule has 1 heterocycles. The lowest BCUT2D eigenvalue weighted by Gasteiger charge is -2.36. The average molecular weight is 463 g/mol. The predicted octanol–water partition coefficient (Wildman–Crippen LogP) is 4.16. The molecule has 0 bridgehead atoms. The molecule has 0 aromatic heterocycles. The molecule has 2 aliphatic carbocycles. The van der Waals surface area contributed by atoms with Crippen LogP contribution >= 0.6 is 0 Å². The van der Waals surface area contributed by atoms with Gasteiger partial charge in [0.25, 0.3) is 0 Å². The van der Waals surface area contributed by atoms with Gasteiger partial charge in [0.15, 0.2) is 0 Å². The summed E-state index contributed by atoms with van der Waals surface area (Å²) in [6, 6.07) is 16.3. The summed E-state index contributed by atoms with van der Waals surface area (Å²) in [5.41, 5.74) is 2.66. The number of alkyl carbamates (subject to hydrolysis) is 1. The van der Waals surface area contributed by atoms with Crippen LogP contribution in [-0.2, 0) is 14.3 Å². The molecule has 2 amide bonds. The van der Waals surface area contributed by atoms with Gasteiger partial charge in [0.1, 0.15) is 12.1 Å². The first-order chi connectivity index (χ1) is 16.2. The summed E-state index contributed by atoms with van der Waals surface area (Å²) in [6.07, 6.45) is 1.60. The second-order valence-corrected chi connectivity index (χ2v) is 10.3. The van der Waals surface area contributed by atoms with E-state index in [4.69, 9.17) is 4.74 Å². The van der Waals surface area contributed by atoms with E-state index in [1.54, 1.807) is 13.8 Å². The second-order valence-electron chi connectivity index (χ2n) is 10.3. The number of aliphatic carboxylic acids is 1. The van der Waals surface area contributed by atoms with E-state index in [1.807, 2.05) is 24.3 Å². The van der Waals surface area contributed by atoms with Crippen molar-refractivity contribution in [3.05, 3.63) is 59.7 Å². The number of nitrogens with one attached hydrogen (secondary N) is 1. The first kappa shape index (κ1) is 22.4. The van der Waals surface area contributed by atoms with Crippen LogP contribution in [0.2, 0.25) is 0 Å². The van der Waals surface area contributed by atoms with Gasteiger partial charge < -0.3 is 20.1 Å². The van der Waals surface area contributed by atoms with Crippen LogP contribution in [0.5, 0.6) is 0 Å². The maximum atomic E-state index is 13.1. The van der Waals surface area contributed by atoms with Gasteiger partial charge in [-0.25, -0.2) is 9.59 Å². The number of carbonyl (C=O) groups excluding carboxylic acids is 2. The van der Waals surface area contributed by atoms with Crippen molar-refractivity contribution in [2.75, 3.05) is 13.2 Å². The quantitative estimate of drug-likeness (QED) is 0.672. The highest BCUT2D eigenvalue weighted by molar-refractivity contribution is 5.91. The largest absolute Gasteiger partial charge is 0.479 e. The Kier molecular flexibility index (Phi) is 5.38. The molecule has 34 heavy (non-hydrogen) atoms. The molecule has 5 rings (SSSR count). The van der Waals surface area contributed by atoms with E-state index >= 15 is 0 Å². The van der Waals surface area contributed by atoms with E-state index < -0.39 is 23.1 Å². The zero-order valence-corrected chi connectivity index (χ0v) is 19.5. The third-order valence-corrected chi connectivity index (χ3v) is 7.54. The minimum atomic E-state index is -1.05. The molecule has 2 unspecified atom stereocenters. The molecular formula is C27H30N2O5. The molecule has 2 aromatic carbocycles. The fraction of sp³-hybridized carbons (Fsp3) is 0.444. The zero-order valence-electron chi connectivity index (χ0n) is 19.5. The van der Waals surface area contributed by atoms with Gasteiger partial charge in [-0.2, -0.15) is 0 Å². The number of hydrogen-bond acceptors (Lipinski definition) is 4. The summed E-state index contributed by atoms with van der Waals surface area (Å²) in [7, 11) is 0. The molecule has 2 N–H and O–H groups in total. The Balaban J connectivity index is 1.21. The monoisotopic (exact) mass is 462 g/mol. The number of amides is 2. The molecule has 1 saturated heterocycles. The summed E-state index contributed by atoms with van der Waals surface area (Å²) < 4.78 is 5.62. The minimum absolute atomic E-state index is 0.0128. The highest BCUT2D eigenvalue weighted by Gasteiger charge is 2.66. The molecule has 1 saturated carbocycles. The SMILES string of the molecule is CC(C)(CC(=O)N1CCCC2CC21C(=O)O)NC(=O)OCC1c2ccccc2-c2ccccc21. The van der Waals surface area contributed by atoms with Crippen molar-refractivity contribution in [1.29, 1.82) is 0 Å². The van der Waals surface area contributed by atoms with Gasteiger partial charge in [0.05, 0.1) is 0 Å². The fourth-order valence-electron chi connectivity index (χ4n) is 5.84. The summed E-state index contributed by atoms with van der Waals surface area (Å²) in [5, 5.41) is 12.5. The van der Waals surface area contributed by atoms with E-state index in [0.717, 1.165) is 35.1 Å². The van der Waals surface area contributed by atoms with Crippen molar-refractivity contribution in [2.45, 2.75) is 56.5 Å². The number of carboxylic acids is 1. The smallest absolute Gasteiger partial charge is 0.407 e. The molecule has 7 nitrogen and oxygen atoms in total. The molecule has 178 valence electrons. The Bertz CT molecular complexity index is 1110. The van der Waals surface area contributed by atoms with Crippen molar-refractivity contribution in [3.63, 3.8) is 0 Å². The van der Waals surface area contributed by atoms with E-state index in [2.05, 4.69) is 29.6 Å². The maximum absolute atomic E-state index is 13.1. The zero-order chi connectivity index (χ0) is 24.1. The maximum Gasteiger partial charge on any atom is 0.407 e. The number of rotatable bonds is 6. The van der Waals surface area contributed by atoms with Crippen LogP contribution in [-0.4, -0.2) is 52.2 Å². The van der Waals surface area contributed by atoms with Gasteiger partial charge >= 0.3 is 12.1 Å². The van der Waals surface area contributed by atoms with E-state index in [0.29, 0.717) is 13.0 Å². The molecule has 0 radical (unpaired) electrons. The fourth-order valence-corrected chi connectivity index (χ4v) is 5.84. The lowest BCUT2D eigenvalue weighted by Crippen LogP contribution is -2.54. The normalized spacial score (nSPS) is 22.9. The standard InChI is InChI=1S/C27H30N2O5/c1-26(2,15-23(30)29-13-7-8-17-14-27(17,29)24(31)32)28-25(33)34-16-22-20-11-5-3-9-18(20)19-10-4-6-12-21(19)22/h3-6,9-12,17,22H,7-8,13-16H2,1-2H3,(H,28,33)(H,31,32). The second kappa shape index (κ2) is 8.15. The highest BCUT2D eigenvalue weighted by Crippen LogP contribution is 2.54. The van der Waals surface area contributed by atoms with Crippen LogP contribution in [0.15, 0.2) is 48.5 Å². The van der Waals surface area contributed by atoms with Crippen LogP contribution in [0.3, 0.4) is 0 Å². The van der Waals surface area contributed by atoms with Crippen LogP contribution in [0.1, 0.15) is 56.6 Å². The molecule has 7 heteroatoms. The number of hydrogen-bond donors (Lipinski definition) is 2. The third kappa shape index (κ3) is 3.73. The number of carbonyl (C=O) groups is 3. The van der Waals surface area contributed by atoms with E-state index in [1.165, 1.54) is 4.90 Å². The average Bonchev–Trinajstić information content (AvgIpc) is 3.48. The first-order valence-corrected chi connectivity index (χ1v) is 11.9. The van der Waals surface area contributed by atoms with Crippen molar-refractivity contribution in [2.24, 2.45) is 5.92 Å². The van der Waals surface area contributed by atoms with E-state index in [-0.39, 0.29) is 30.8 Å². The lowest BCUT2D eigenvalue weighted by atomic mass is 9.96. The summed E-state index contributed by atoms with van der Waals surface area (Å²) in [5.74, 6) is -1.17. The number of nitrogens with zero attached hydrogens (tertiary/aromatic N) is 1. The van der Waals surface area contributed by atoms with Crippen molar-refractivity contribution in [1.82, 2.24) is 10.2 Å². The Morgan fingerprint density at radius 3 is 2.32 bits per heavy atom. The van der Waals surface area contributed by atoms with Crippen LogP contribution in [0, 0.1) is 5.92 Å². The van der Waals surface area contributed by atoms with E-state index in [9.17, 15) is 19.5 Å². The third-order valence-electron chi connectivity index (χ3n) is 7.54. The summed E-state index contributed by atoms with van der Waals surface area (Å²) in [6.45, 7) is 4.16. The lowest BCUT2D eigenvalue weighted by molar-refractivity contribution is -0.155. The van der Waals surface area contributed by atoms with Crippen LogP contribution < -0.4 is 5.32 Å². The van der Waals surface area contributed by atoms with Crippen molar-refractivity contribution in [3.8, 4) is 11.1 Å². The molecular weight excluding hydrogens is 432 g/mol. The molecule has 2 aromatic rings. The predicted molar refractivity (Wildman–Crippen MR) is 126 cm³/mol. The van der Waals surface area contributed by atoms with Crippen molar-refractivity contribution >= 4 is 18.0 Å². The molecule has 0 spiro atoms. The van der Waals surface area contributed by atoms with Crippen LogP contribution in [0.25, 0.3) is 11.1 Å². The van der Waals surface area contributed by atoms with Gasteiger partial charge in [-0.05, 0) is 61.3 Å². The number of likely N-dealkylation sites (tertiary alicyclic amines) is 1. The number of carboxylic acid groups (broad SMARTS) is 1. The van der Waals surface area contributed by atoms with Gasteiger partial charge in [-0.3, -0.25) is 4.79 Å². The summed E-state index contributed by atoms with van der Waals surface area (Å²) >= 11 is 0. The van der Waals surface area contributed by atoms with Crippen LogP contribution in [0.4, 0.5) is 4.79 Å². The van der Waals surface area contributed by atoms with Gasteiger partial charge in [-0.1, -0.05) is 48.5 Å². The molecule has 1 aliphatic heterocycles. The van der Waals surface area contributed by atoms with Gasteiger partial charge in [0, 0.05) is 24.4 Å². The summed E-state index contributed by atoms with van der Waals surface area (Å²) in [4.78, 5) is 39.1. The topological polar surface area (TPSA) is 95.9 Å². The van der Waals surface area contributed by atoms with Gasteiger partial charge in [0.2, 0.25) is 5.91 Å². The number of fused-ring (bicyclic) bond motifs is 4. The number of benzene rings is 2. The molecule has 2 fully saturated rings. The molecule has 2 atom stereocenters. The molecule has 3 aliphatic rings. The number of ether oxygens (including phenoxy) is 1. The minimum Gasteiger partial charge on any atom is -0.479 e. The Hall–Kier alpha value is -3.35. The first-order valence-electron chi connectivity index (χ1n) is 11.9.